The van der Waals surface area contributed by atoms with E-state index in [0.717, 1.165) is 11.8 Å². The fourth-order valence-corrected chi connectivity index (χ4v) is 2.76. The molecule has 17 heavy (non-hydrogen) atoms. The lowest BCUT2D eigenvalue weighted by Crippen LogP contribution is -2.23. The summed E-state index contributed by atoms with van der Waals surface area (Å²) in [6.07, 6.45) is 6.78. The van der Waals surface area contributed by atoms with Gasteiger partial charge >= 0.3 is 0 Å². The maximum absolute atomic E-state index is 2.43. The molecule has 0 bridgehead atoms. The standard InChI is InChI=1S/C17H36/c1-9-16(5,6)12-15(11-14(3)4)13-17(7,8)10-2/h14-15H,9-13H2,1-8H3. The minimum atomic E-state index is 0.517. The fourth-order valence-electron chi connectivity index (χ4n) is 2.76. The van der Waals surface area contributed by atoms with Gasteiger partial charge in [0.05, 0.1) is 0 Å². The zero-order chi connectivity index (χ0) is 13.7. The van der Waals surface area contributed by atoms with E-state index >= 15 is 0 Å². The molecule has 0 aromatic heterocycles. The molecule has 104 valence electrons. The lowest BCUT2D eigenvalue weighted by molar-refractivity contribution is 0.168. The zero-order valence-electron chi connectivity index (χ0n) is 13.7. The van der Waals surface area contributed by atoms with E-state index in [1.54, 1.807) is 0 Å². The van der Waals surface area contributed by atoms with Crippen molar-refractivity contribution in [3.8, 4) is 0 Å². The summed E-state index contributed by atoms with van der Waals surface area (Å²) >= 11 is 0. The molecule has 0 aliphatic rings. The molecule has 0 heterocycles. The smallest absolute Gasteiger partial charge is 0.0354 e. The molecule has 0 saturated carbocycles. The van der Waals surface area contributed by atoms with Crippen LogP contribution < -0.4 is 0 Å². The van der Waals surface area contributed by atoms with Gasteiger partial charge < -0.3 is 0 Å². The van der Waals surface area contributed by atoms with E-state index in [0.29, 0.717) is 10.8 Å². The highest BCUT2D eigenvalue weighted by Crippen LogP contribution is 2.39. The van der Waals surface area contributed by atoms with Crippen LogP contribution in [-0.4, -0.2) is 0 Å². The predicted octanol–water partition coefficient (Wildman–Crippen LogP) is 6.30. The number of rotatable bonds is 8. The maximum atomic E-state index is 2.43. The van der Waals surface area contributed by atoms with Gasteiger partial charge in [-0.05, 0) is 41.9 Å². The van der Waals surface area contributed by atoms with Gasteiger partial charge in [-0.1, -0.05) is 68.2 Å². The first-order valence-electron chi connectivity index (χ1n) is 7.62. The third kappa shape index (κ3) is 7.84. The van der Waals surface area contributed by atoms with Crippen LogP contribution in [0.1, 0.15) is 87.5 Å². The third-order valence-electron chi connectivity index (χ3n) is 4.40. The van der Waals surface area contributed by atoms with Crippen LogP contribution in [0, 0.1) is 22.7 Å². The zero-order valence-corrected chi connectivity index (χ0v) is 13.7. The average Bonchev–Trinajstić information content (AvgIpc) is 2.15. The van der Waals surface area contributed by atoms with Gasteiger partial charge in [-0.25, -0.2) is 0 Å². The molecule has 0 radical (unpaired) electrons. The van der Waals surface area contributed by atoms with Crippen LogP contribution in [0.3, 0.4) is 0 Å². The number of hydrogen-bond acceptors (Lipinski definition) is 0. The van der Waals surface area contributed by atoms with Crippen LogP contribution in [0.4, 0.5) is 0 Å². The molecule has 0 unspecified atom stereocenters. The summed E-state index contributed by atoms with van der Waals surface area (Å²) in [4.78, 5) is 0. The summed E-state index contributed by atoms with van der Waals surface area (Å²) in [5, 5.41) is 0. The molecule has 0 saturated heterocycles. The van der Waals surface area contributed by atoms with Crippen molar-refractivity contribution in [2.24, 2.45) is 22.7 Å². The normalized spacial score (nSPS) is 13.8. The Kier molecular flexibility index (Phi) is 6.81. The Labute approximate surface area is 111 Å². The fraction of sp³-hybridized carbons (Fsp3) is 1.00. The molecular weight excluding hydrogens is 204 g/mol. The van der Waals surface area contributed by atoms with Crippen LogP contribution in [0.2, 0.25) is 0 Å². The van der Waals surface area contributed by atoms with Crippen molar-refractivity contribution in [2.45, 2.75) is 87.5 Å². The molecule has 0 N–H and O–H groups in total. The molecule has 0 heteroatoms. The highest BCUT2D eigenvalue weighted by Gasteiger charge is 2.27. The van der Waals surface area contributed by atoms with E-state index in [1.165, 1.54) is 32.1 Å². The van der Waals surface area contributed by atoms with E-state index in [4.69, 9.17) is 0 Å². The molecule has 0 aliphatic heterocycles. The Morgan fingerprint density at radius 3 is 1.35 bits per heavy atom. The van der Waals surface area contributed by atoms with Crippen molar-refractivity contribution in [1.82, 2.24) is 0 Å². The Balaban J connectivity index is 4.54. The summed E-state index contributed by atoms with van der Waals surface area (Å²) in [5.41, 5.74) is 1.03. The highest BCUT2D eigenvalue weighted by atomic mass is 14.3. The van der Waals surface area contributed by atoms with Gasteiger partial charge in [-0.3, -0.25) is 0 Å². The van der Waals surface area contributed by atoms with Crippen LogP contribution in [0.25, 0.3) is 0 Å². The van der Waals surface area contributed by atoms with Crippen LogP contribution in [0.5, 0.6) is 0 Å². The molecule has 0 aliphatic carbocycles. The van der Waals surface area contributed by atoms with Gasteiger partial charge in [0.2, 0.25) is 0 Å². The molecule has 0 atom stereocenters. The Bertz CT molecular complexity index is 180. The van der Waals surface area contributed by atoms with Crippen LogP contribution in [-0.2, 0) is 0 Å². The van der Waals surface area contributed by atoms with Gasteiger partial charge in [-0.15, -0.1) is 0 Å². The largest absolute Gasteiger partial charge is 0.0649 e. The molecule has 0 aromatic rings. The van der Waals surface area contributed by atoms with E-state index in [1.807, 2.05) is 0 Å². The Hall–Kier alpha value is 0. The molecule has 0 nitrogen and oxygen atoms in total. The topological polar surface area (TPSA) is 0 Å². The van der Waals surface area contributed by atoms with Gasteiger partial charge in [0.25, 0.3) is 0 Å². The highest BCUT2D eigenvalue weighted by molar-refractivity contribution is 4.78. The van der Waals surface area contributed by atoms with Crippen molar-refractivity contribution in [3.63, 3.8) is 0 Å². The second-order valence-corrected chi connectivity index (χ2v) is 7.94. The first kappa shape index (κ1) is 17.0. The Morgan fingerprint density at radius 2 is 1.12 bits per heavy atom. The molecule has 0 fully saturated rings. The van der Waals surface area contributed by atoms with Crippen LogP contribution in [0.15, 0.2) is 0 Å². The molecular formula is C17H36. The second-order valence-electron chi connectivity index (χ2n) is 7.94. The minimum Gasteiger partial charge on any atom is -0.0649 e. The van der Waals surface area contributed by atoms with E-state index in [9.17, 15) is 0 Å². The van der Waals surface area contributed by atoms with E-state index in [2.05, 4.69) is 55.4 Å². The average molecular weight is 240 g/mol. The number of hydrogen-bond donors (Lipinski definition) is 0. The molecule has 0 rings (SSSR count). The lowest BCUT2D eigenvalue weighted by atomic mass is 9.71. The van der Waals surface area contributed by atoms with Crippen molar-refractivity contribution < 1.29 is 0 Å². The summed E-state index contributed by atoms with van der Waals surface area (Å²) in [6.45, 7) is 19.1. The van der Waals surface area contributed by atoms with Crippen molar-refractivity contribution in [3.05, 3.63) is 0 Å². The van der Waals surface area contributed by atoms with Crippen molar-refractivity contribution >= 4 is 0 Å². The summed E-state index contributed by atoms with van der Waals surface area (Å²) in [6, 6.07) is 0. The second kappa shape index (κ2) is 6.81. The summed E-state index contributed by atoms with van der Waals surface area (Å²) < 4.78 is 0. The summed E-state index contributed by atoms with van der Waals surface area (Å²) in [5.74, 6) is 1.74. The maximum Gasteiger partial charge on any atom is -0.0354 e. The summed E-state index contributed by atoms with van der Waals surface area (Å²) in [7, 11) is 0. The SMILES string of the molecule is CCC(C)(C)CC(CC(C)C)CC(C)(C)CC. The van der Waals surface area contributed by atoms with Gasteiger partial charge in [0.1, 0.15) is 0 Å². The molecule has 0 amide bonds. The minimum absolute atomic E-state index is 0.517. The van der Waals surface area contributed by atoms with Crippen molar-refractivity contribution in [1.29, 1.82) is 0 Å². The molecule has 0 aromatic carbocycles. The monoisotopic (exact) mass is 240 g/mol. The first-order chi connectivity index (χ1) is 7.62. The van der Waals surface area contributed by atoms with Gasteiger partial charge in [0.15, 0.2) is 0 Å². The van der Waals surface area contributed by atoms with Crippen LogP contribution >= 0.6 is 0 Å². The first-order valence-corrected chi connectivity index (χ1v) is 7.62. The Morgan fingerprint density at radius 1 is 0.765 bits per heavy atom. The van der Waals surface area contributed by atoms with Gasteiger partial charge in [-0.2, -0.15) is 0 Å². The predicted molar refractivity (Wildman–Crippen MR) is 80.3 cm³/mol. The lowest BCUT2D eigenvalue weighted by Gasteiger charge is -2.35. The van der Waals surface area contributed by atoms with E-state index in [-0.39, 0.29) is 0 Å². The van der Waals surface area contributed by atoms with E-state index < -0.39 is 0 Å². The van der Waals surface area contributed by atoms with Gasteiger partial charge in [0, 0.05) is 0 Å². The quantitative estimate of drug-likeness (QED) is 0.467. The third-order valence-corrected chi connectivity index (χ3v) is 4.40. The molecule has 0 spiro atoms. The van der Waals surface area contributed by atoms with Crippen molar-refractivity contribution in [2.75, 3.05) is 0 Å².